The second-order valence-electron chi connectivity index (χ2n) is 0.999. The highest BCUT2D eigenvalue weighted by Crippen LogP contribution is 1.80. The fourth-order valence-electron chi connectivity index (χ4n) is 0.157. The standard InChI is InChI=1S/C4H7NS/c1-2-3-4-5-6/h2-3H2,1H3. The summed E-state index contributed by atoms with van der Waals surface area (Å²) in [7, 11) is 0. The zero-order valence-electron chi connectivity index (χ0n) is 3.77. The molecule has 6 heavy (non-hydrogen) atoms. The van der Waals surface area contributed by atoms with E-state index in [1.807, 2.05) is 0 Å². The van der Waals surface area contributed by atoms with Gasteiger partial charge in [0.2, 0.25) is 0 Å². The van der Waals surface area contributed by atoms with Crippen LogP contribution in [0.25, 0.3) is 4.25 Å². The van der Waals surface area contributed by atoms with E-state index >= 15 is 0 Å². The lowest BCUT2D eigenvalue weighted by molar-refractivity contribution is 0.983. The highest BCUT2D eigenvalue weighted by atomic mass is 32.1. The van der Waals surface area contributed by atoms with Gasteiger partial charge in [-0.3, -0.25) is 12.8 Å². The summed E-state index contributed by atoms with van der Waals surface area (Å²) in [5.74, 6) is 0. The van der Waals surface area contributed by atoms with Crippen molar-refractivity contribution in [3.63, 3.8) is 0 Å². The van der Waals surface area contributed by atoms with Crippen molar-refractivity contribution in [3.05, 3.63) is 4.25 Å². The molecule has 0 aromatic heterocycles. The maximum atomic E-state index is 4.23. The highest BCUT2D eigenvalue weighted by Gasteiger charge is 1.72. The quantitative estimate of drug-likeness (QED) is 0.454. The Labute approximate surface area is 43.7 Å². The maximum Gasteiger partial charge on any atom is 0.252 e. The van der Waals surface area contributed by atoms with Crippen LogP contribution < -0.4 is 0 Å². The van der Waals surface area contributed by atoms with E-state index < -0.39 is 0 Å². The molecular formula is C4H7NS. The van der Waals surface area contributed by atoms with Crippen LogP contribution in [0.2, 0.25) is 0 Å². The minimum atomic E-state index is 0.892. The molecule has 0 aliphatic carbocycles. The van der Waals surface area contributed by atoms with Gasteiger partial charge in [-0.05, 0) is 6.42 Å². The van der Waals surface area contributed by atoms with Crippen LogP contribution in [0.3, 0.4) is 0 Å². The van der Waals surface area contributed by atoms with E-state index in [0.29, 0.717) is 0 Å². The average molecular weight is 101 g/mol. The smallest absolute Gasteiger partial charge is 0.252 e. The third-order valence-electron chi connectivity index (χ3n) is 0.426. The van der Waals surface area contributed by atoms with Crippen LogP contribution in [0.1, 0.15) is 19.8 Å². The van der Waals surface area contributed by atoms with E-state index in [9.17, 15) is 0 Å². The van der Waals surface area contributed by atoms with Crippen LogP contribution in [0.15, 0.2) is 0 Å². The van der Waals surface area contributed by atoms with Gasteiger partial charge in [-0.15, -0.1) is 0 Å². The SMILES string of the molecule is CCCC#[N+][S-]. The number of hydrogen-bond acceptors (Lipinski definition) is 1. The lowest BCUT2D eigenvalue weighted by atomic mass is 10.4. The van der Waals surface area contributed by atoms with Gasteiger partial charge in [0.05, 0.1) is 6.42 Å². The largest absolute Gasteiger partial charge is 0.264 e. The number of rotatable bonds is 1. The molecule has 0 amide bonds. The molecule has 0 aromatic rings. The minimum Gasteiger partial charge on any atom is -0.264 e. The Bertz CT molecular complexity index is 69.4. The van der Waals surface area contributed by atoms with Gasteiger partial charge < -0.3 is 0 Å². The van der Waals surface area contributed by atoms with E-state index in [1.165, 1.54) is 0 Å². The van der Waals surface area contributed by atoms with E-state index in [1.54, 1.807) is 0 Å². The van der Waals surface area contributed by atoms with Gasteiger partial charge in [-0.1, -0.05) is 6.92 Å². The molecule has 0 radical (unpaired) electrons. The first-order chi connectivity index (χ1) is 2.91. The van der Waals surface area contributed by atoms with Gasteiger partial charge in [-0.2, -0.15) is 4.25 Å². The van der Waals surface area contributed by atoms with Crippen molar-refractivity contribution in [1.29, 1.82) is 0 Å². The van der Waals surface area contributed by atoms with Gasteiger partial charge in [0, 0.05) is 0 Å². The molecule has 0 fully saturated rings. The molecule has 0 heterocycles. The van der Waals surface area contributed by atoms with Crippen molar-refractivity contribution in [3.8, 4) is 6.07 Å². The molecule has 0 unspecified atom stereocenters. The minimum absolute atomic E-state index is 0.892. The molecule has 0 aliphatic rings. The Morgan fingerprint density at radius 3 is 2.67 bits per heavy atom. The first-order valence-electron chi connectivity index (χ1n) is 1.97. The molecule has 2 heteroatoms. The summed E-state index contributed by atoms with van der Waals surface area (Å²) >= 11 is 4.23. The zero-order chi connectivity index (χ0) is 4.83. The Kier molecular flexibility index (Phi) is 4.48. The van der Waals surface area contributed by atoms with Gasteiger partial charge in [0.15, 0.2) is 0 Å². The Morgan fingerprint density at radius 2 is 2.50 bits per heavy atom. The summed E-state index contributed by atoms with van der Waals surface area (Å²) in [5, 5.41) is 0. The first-order valence-corrected chi connectivity index (χ1v) is 2.33. The van der Waals surface area contributed by atoms with Crippen LogP contribution >= 0.6 is 0 Å². The molecule has 0 bridgehead atoms. The fourth-order valence-corrected chi connectivity index (χ4v) is 0.249. The summed E-state index contributed by atoms with van der Waals surface area (Å²) < 4.78 is 3.26. The first kappa shape index (κ1) is 5.71. The molecule has 0 aliphatic heterocycles. The Hall–Kier alpha value is -0.290. The predicted molar refractivity (Wildman–Crippen MR) is 29.5 cm³/mol. The molecule has 0 rings (SSSR count). The topological polar surface area (TPSA) is 4.36 Å². The molecule has 0 atom stereocenters. The lowest BCUT2D eigenvalue weighted by Gasteiger charge is -1.64. The van der Waals surface area contributed by atoms with Crippen molar-refractivity contribution in [1.82, 2.24) is 0 Å². The molecule has 0 aromatic carbocycles. The number of nitrogens with zero attached hydrogens (tertiary/aromatic N) is 1. The van der Waals surface area contributed by atoms with Gasteiger partial charge in [0.1, 0.15) is 0 Å². The molecule has 0 N–H and O–H groups in total. The van der Waals surface area contributed by atoms with Crippen molar-refractivity contribution in [2.45, 2.75) is 19.8 Å². The van der Waals surface area contributed by atoms with Crippen LogP contribution in [0, 0.1) is 6.07 Å². The third-order valence-corrected chi connectivity index (χ3v) is 0.555. The Balaban J connectivity index is 2.79. The van der Waals surface area contributed by atoms with Crippen LogP contribution in [-0.4, -0.2) is 0 Å². The fraction of sp³-hybridized carbons (Fsp3) is 0.750. The highest BCUT2D eigenvalue weighted by molar-refractivity contribution is 7.61. The molecule has 1 nitrogen and oxygen atoms in total. The predicted octanol–water partition coefficient (Wildman–Crippen LogP) is 1.58. The van der Waals surface area contributed by atoms with E-state index in [4.69, 9.17) is 0 Å². The van der Waals surface area contributed by atoms with Crippen LogP contribution in [0.5, 0.6) is 0 Å². The van der Waals surface area contributed by atoms with Crippen molar-refractivity contribution < 1.29 is 0 Å². The van der Waals surface area contributed by atoms with Crippen LogP contribution in [-0.2, 0) is 12.8 Å². The third kappa shape index (κ3) is 3.71. The van der Waals surface area contributed by atoms with E-state index in [2.05, 4.69) is 30.1 Å². The zero-order valence-corrected chi connectivity index (χ0v) is 4.59. The lowest BCUT2D eigenvalue weighted by Crippen LogP contribution is -1.55. The van der Waals surface area contributed by atoms with Crippen molar-refractivity contribution in [2.24, 2.45) is 0 Å². The summed E-state index contributed by atoms with van der Waals surface area (Å²) in [6, 6.07) is 2.64. The van der Waals surface area contributed by atoms with Gasteiger partial charge in [-0.25, -0.2) is 0 Å². The van der Waals surface area contributed by atoms with E-state index in [-0.39, 0.29) is 0 Å². The summed E-state index contributed by atoms with van der Waals surface area (Å²) in [6.45, 7) is 2.06. The second-order valence-corrected chi connectivity index (χ2v) is 1.18. The molecule has 0 saturated heterocycles. The summed E-state index contributed by atoms with van der Waals surface area (Å²) in [5.41, 5.74) is 0. The van der Waals surface area contributed by atoms with Gasteiger partial charge >= 0.3 is 0 Å². The maximum absolute atomic E-state index is 4.23. The molecular weight excluding hydrogens is 94.1 g/mol. The average Bonchev–Trinajstić information content (AvgIpc) is 1.61. The normalized spacial score (nSPS) is 6.17. The van der Waals surface area contributed by atoms with E-state index in [0.717, 1.165) is 12.8 Å². The molecule has 0 saturated carbocycles. The second kappa shape index (κ2) is 4.71. The summed E-state index contributed by atoms with van der Waals surface area (Å²) in [4.78, 5) is 0. The molecule has 34 valence electrons. The number of hydrogen-bond donors (Lipinski definition) is 0. The van der Waals surface area contributed by atoms with Crippen molar-refractivity contribution in [2.75, 3.05) is 0 Å². The van der Waals surface area contributed by atoms with Gasteiger partial charge in [0.25, 0.3) is 6.07 Å². The molecule has 0 spiro atoms. The number of unbranched alkanes of at least 4 members (excludes halogenated alkanes) is 1. The Morgan fingerprint density at radius 1 is 1.83 bits per heavy atom. The summed E-state index contributed by atoms with van der Waals surface area (Å²) in [6.07, 6.45) is 1.98. The van der Waals surface area contributed by atoms with Crippen molar-refractivity contribution >= 4 is 12.8 Å². The van der Waals surface area contributed by atoms with Crippen LogP contribution in [0.4, 0.5) is 0 Å². The monoisotopic (exact) mass is 101 g/mol.